The number of carbonyl (C=O) groups is 2. The fraction of sp³-hybridized carbons (Fsp3) is 0.222. The highest BCUT2D eigenvalue weighted by molar-refractivity contribution is 5.76. The van der Waals surface area contributed by atoms with Crippen LogP contribution in [0.25, 0.3) is 0 Å². The van der Waals surface area contributed by atoms with E-state index in [1.807, 2.05) is 0 Å². The number of carboxylic acids is 2. The van der Waals surface area contributed by atoms with Gasteiger partial charge in [0.15, 0.2) is 11.9 Å². The van der Waals surface area contributed by atoms with Crippen molar-refractivity contribution in [1.29, 1.82) is 0 Å². The van der Waals surface area contributed by atoms with Gasteiger partial charge in [-0.1, -0.05) is 0 Å². The molecule has 15 heavy (non-hydrogen) atoms. The molecule has 0 saturated heterocycles. The summed E-state index contributed by atoms with van der Waals surface area (Å²) in [5.41, 5.74) is 0. The first-order valence-corrected chi connectivity index (χ1v) is 4.13. The summed E-state index contributed by atoms with van der Waals surface area (Å²) in [7, 11) is 0. The zero-order valence-electron chi connectivity index (χ0n) is 7.66. The van der Waals surface area contributed by atoms with Crippen LogP contribution < -0.4 is 9.67 Å². The molecule has 1 heterocycles. The smallest absolute Gasteiger partial charge is 0.310 e. The topological polar surface area (TPSA) is 102 Å². The van der Waals surface area contributed by atoms with Crippen LogP contribution in [0.2, 0.25) is 0 Å². The summed E-state index contributed by atoms with van der Waals surface area (Å²) in [6.45, 7) is 0. The van der Waals surface area contributed by atoms with Crippen LogP contribution in [0.15, 0.2) is 24.5 Å². The average Bonchev–Trinajstić information content (AvgIpc) is 2.13. The van der Waals surface area contributed by atoms with Gasteiger partial charge in [0.2, 0.25) is 12.2 Å². The fourth-order valence-electron chi connectivity index (χ4n) is 1.15. The van der Waals surface area contributed by atoms with Gasteiger partial charge in [-0.05, 0) is 6.07 Å². The largest absolute Gasteiger partial charge is 0.543 e. The molecule has 0 radical (unpaired) electrons. The highest BCUT2D eigenvalue weighted by Gasteiger charge is 2.23. The third-order valence-electron chi connectivity index (χ3n) is 1.81. The van der Waals surface area contributed by atoms with E-state index in [1.54, 1.807) is 0 Å². The van der Waals surface area contributed by atoms with Crippen molar-refractivity contribution in [2.45, 2.75) is 12.5 Å². The Balaban J connectivity index is 2.98. The number of aliphatic carboxylic acids is 2. The Morgan fingerprint density at radius 2 is 2.20 bits per heavy atom. The van der Waals surface area contributed by atoms with Gasteiger partial charge in [-0.15, -0.1) is 0 Å². The summed E-state index contributed by atoms with van der Waals surface area (Å²) >= 11 is 0. The molecule has 0 saturated carbocycles. The average molecular weight is 211 g/mol. The van der Waals surface area contributed by atoms with Crippen molar-refractivity contribution in [3.8, 4) is 5.75 Å². The fourth-order valence-corrected chi connectivity index (χ4v) is 1.15. The monoisotopic (exact) mass is 211 g/mol. The molecule has 6 nitrogen and oxygen atoms in total. The lowest BCUT2D eigenvalue weighted by atomic mass is 10.2. The van der Waals surface area contributed by atoms with Gasteiger partial charge in [0.1, 0.15) is 12.4 Å². The Bertz CT molecular complexity index is 390. The van der Waals surface area contributed by atoms with Crippen LogP contribution in [-0.2, 0) is 9.59 Å². The Hall–Kier alpha value is -2.11. The second-order valence-electron chi connectivity index (χ2n) is 2.94. The Morgan fingerprint density at radius 1 is 1.53 bits per heavy atom. The number of rotatable bonds is 4. The van der Waals surface area contributed by atoms with Gasteiger partial charge >= 0.3 is 5.97 Å². The molecule has 6 heteroatoms. The molecule has 0 fully saturated rings. The van der Waals surface area contributed by atoms with Crippen molar-refractivity contribution in [2.75, 3.05) is 0 Å². The maximum Gasteiger partial charge on any atom is 0.310 e. The van der Waals surface area contributed by atoms with Gasteiger partial charge in [0.05, 0.1) is 0 Å². The minimum Gasteiger partial charge on any atom is -0.543 e. The molecule has 80 valence electrons. The number of aromatic hydroxyl groups is 1. The molecule has 1 aromatic rings. The first-order chi connectivity index (χ1) is 7.00. The number of nitrogens with zero attached hydrogens (tertiary/aromatic N) is 1. The lowest BCUT2D eigenvalue weighted by molar-refractivity contribution is -0.715. The molecule has 0 aromatic carbocycles. The Morgan fingerprint density at radius 3 is 2.67 bits per heavy atom. The number of hydrogen-bond acceptors (Lipinski definition) is 4. The third-order valence-corrected chi connectivity index (χ3v) is 1.81. The van der Waals surface area contributed by atoms with Crippen LogP contribution in [0.3, 0.4) is 0 Å². The van der Waals surface area contributed by atoms with Crippen molar-refractivity contribution in [3.63, 3.8) is 0 Å². The molecule has 0 amide bonds. The van der Waals surface area contributed by atoms with E-state index >= 15 is 0 Å². The van der Waals surface area contributed by atoms with Crippen LogP contribution in [0.4, 0.5) is 0 Å². The Kier molecular flexibility index (Phi) is 3.22. The van der Waals surface area contributed by atoms with Gasteiger partial charge in [0, 0.05) is 6.07 Å². The highest BCUT2D eigenvalue weighted by atomic mass is 16.4. The highest BCUT2D eigenvalue weighted by Crippen LogP contribution is 2.06. The van der Waals surface area contributed by atoms with Gasteiger partial charge in [0.25, 0.3) is 0 Å². The van der Waals surface area contributed by atoms with Crippen molar-refractivity contribution in [2.24, 2.45) is 0 Å². The predicted molar refractivity (Wildman–Crippen MR) is 44.6 cm³/mol. The van der Waals surface area contributed by atoms with Crippen molar-refractivity contribution >= 4 is 11.9 Å². The molecular weight excluding hydrogens is 202 g/mol. The lowest BCUT2D eigenvalue weighted by Gasteiger charge is -2.10. The molecule has 2 N–H and O–H groups in total. The third kappa shape index (κ3) is 2.94. The Labute approximate surface area is 85.0 Å². The van der Waals surface area contributed by atoms with E-state index in [9.17, 15) is 14.7 Å². The van der Waals surface area contributed by atoms with E-state index in [0.29, 0.717) is 0 Å². The lowest BCUT2D eigenvalue weighted by Crippen LogP contribution is -2.49. The van der Waals surface area contributed by atoms with Gasteiger partial charge < -0.3 is 20.1 Å². The summed E-state index contributed by atoms with van der Waals surface area (Å²) in [6, 6.07) is 1.44. The van der Waals surface area contributed by atoms with Crippen LogP contribution in [0.1, 0.15) is 12.5 Å². The summed E-state index contributed by atoms with van der Waals surface area (Å²) in [6.07, 6.45) is 1.88. The molecule has 0 spiro atoms. The minimum absolute atomic E-state index is 0.144. The first kappa shape index (κ1) is 11.0. The van der Waals surface area contributed by atoms with Crippen molar-refractivity contribution in [1.82, 2.24) is 0 Å². The molecular formula is C9H9NO5. The minimum atomic E-state index is -1.51. The SMILES string of the molecule is O=C(O)CC(C(=O)[O-])[n+]1cccc(O)c1. The van der Waals surface area contributed by atoms with Crippen molar-refractivity contribution in [3.05, 3.63) is 24.5 Å². The normalized spacial score (nSPS) is 12.0. The molecule has 0 aliphatic rings. The van der Waals surface area contributed by atoms with Crippen LogP contribution >= 0.6 is 0 Å². The molecule has 1 atom stereocenters. The van der Waals surface area contributed by atoms with E-state index in [0.717, 1.165) is 10.8 Å². The molecule has 1 rings (SSSR count). The predicted octanol–water partition coefficient (Wildman–Crippen LogP) is -1.55. The van der Waals surface area contributed by atoms with Crippen LogP contribution in [-0.4, -0.2) is 22.2 Å². The van der Waals surface area contributed by atoms with Gasteiger partial charge in [-0.25, -0.2) is 0 Å². The van der Waals surface area contributed by atoms with Gasteiger partial charge in [-0.3, -0.25) is 4.79 Å². The number of pyridine rings is 1. The van der Waals surface area contributed by atoms with E-state index in [2.05, 4.69) is 0 Å². The van der Waals surface area contributed by atoms with Crippen LogP contribution in [0.5, 0.6) is 5.75 Å². The second kappa shape index (κ2) is 4.41. The molecule has 0 bridgehead atoms. The zero-order chi connectivity index (χ0) is 11.4. The quantitative estimate of drug-likeness (QED) is 0.587. The molecule has 1 unspecified atom stereocenters. The maximum absolute atomic E-state index is 10.7. The number of hydrogen-bond donors (Lipinski definition) is 2. The number of carbonyl (C=O) groups excluding carboxylic acids is 1. The molecule has 1 aromatic heterocycles. The first-order valence-electron chi connectivity index (χ1n) is 4.13. The van der Waals surface area contributed by atoms with Crippen molar-refractivity contribution < 1.29 is 29.5 Å². The van der Waals surface area contributed by atoms with E-state index in [4.69, 9.17) is 10.2 Å². The summed E-state index contributed by atoms with van der Waals surface area (Å²) in [5.74, 6) is -2.90. The van der Waals surface area contributed by atoms with Crippen LogP contribution in [0, 0.1) is 0 Å². The number of carboxylic acid groups (broad SMARTS) is 2. The standard InChI is InChI=1S/C9H9NO5/c11-6-2-1-3-10(5-6)7(9(14)15)4-8(12)13/h1-3,5,7H,4H2,(H2-,11,12,13,14,15). The van der Waals surface area contributed by atoms with E-state index in [-0.39, 0.29) is 5.75 Å². The summed E-state index contributed by atoms with van der Waals surface area (Å²) < 4.78 is 1.08. The summed E-state index contributed by atoms with van der Waals surface area (Å²) in [5, 5.41) is 28.3. The maximum atomic E-state index is 10.7. The second-order valence-corrected chi connectivity index (χ2v) is 2.94. The van der Waals surface area contributed by atoms with E-state index < -0.39 is 24.4 Å². The number of aromatic nitrogens is 1. The van der Waals surface area contributed by atoms with E-state index in [1.165, 1.54) is 18.3 Å². The van der Waals surface area contributed by atoms with Gasteiger partial charge in [-0.2, -0.15) is 4.57 Å². The zero-order valence-corrected chi connectivity index (χ0v) is 7.66. The molecule has 0 aliphatic heterocycles. The summed E-state index contributed by atoms with van der Waals surface area (Å²) in [4.78, 5) is 21.1. The molecule has 0 aliphatic carbocycles.